The van der Waals surface area contributed by atoms with E-state index in [0.29, 0.717) is 0 Å². The number of benzene rings is 1. The van der Waals surface area contributed by atoms with Gasteiger partial charge in [-0.1, -0.05) is 15.9 Å². The van der Waals surface area contributed by atoms with Crippen molar-refractivity contribution in [3.63, 3.8) is 0 Å². The van der Waals surface area contributed by atoms with Crippen LogP contribution >= 0.6 is 15.9 Å². The molecule has 1 rings (SSSR count). The fourth-order valence-electron chi connectivity index (χ4n) is 1.18. The molecule has 0 atom stereocenters. The minimum Gasteiger partial charge on any atom is -0.495 e. The molecule has 0 N–H and O–H groups in total. The number of nitrogens with zero attached hydrogens (tertiary/aromatic N) is 1. The quantitative estimate of drug-likeness (QED) is 0.626. The first-order chi connectivity index (χ1) is 7.15. The van der Waals surface area contributed by atoms with E-state index in [0.717, 1.165) is 6.07 Å². The Balaban J connectivity index is 3.47. The molecule has 0 saturated heterocycles. The molecule has 0 amide bonds. The number of carbonyl (C=O) groups excluding carboxylic acids is 1. The number of alkyl halides is 1. The molecule has 78 valence electrons. The lowest BCUT2D eigenvalue weighted by molar-refractivity contribution is 0.101. The predicted molar refractivity (Wildman–Crippen MR) is 55.8 cm³/mol. The van der Waals surface area contributed by atoms with Crippen LogP contribution in [0, 0.1) is 17.1 Å². The summed E-state index contributed by atoms with van der Waals surface area (Å²) in [5, 5.41) is 8.80. The second-order valence-corrected chi connectivity index (χ2v) is 3.23. The number of hydrogen-bond acceptors (Lipinski definition) is 3. The lowest BCUT2D eigenvalue weighted by Gasteiger charge is -2.07. The Hall–Kier alpha value is -1.41. The number of ether oxygens (including phenoxy) is 1. The van der Waals surface area contributed by atoms with Crippen molar-refractivity contribution >= 4 is 21.7 Å². The van der Waals surface area contributed by atoms with Crippen LogP contribution in [0.4, 0.5) is 4.39 Å². The average Bonchev–Trinajstić information content (AvgIpc) is 2.27. The highest BCUT2D eigenvalue weighted by Crippen LogP contribution is 2.24. The van der Waals surface area contributed by atoms with Crippen LogP contribution in [0.15, 0.2) is 12.1 Å². The molecule has 0 fully saturated rings. The number of hydrogen-bond donors (Lipinski definition) is 0. The number of Topliss-reactive ketones (excluding diaryl/α,β-unsaturated/α-hetero) is 1. The Morgan fingerprint density at radius 2 is 2.33 bits per heavy atom. The average molecular weight is 272 g/mol. The highest BCUT2D eigenvalue weighted by molar-refractivity contribution is 9.09. The SMILES string of the molecule is COc1ccc(F)c(C(=O)CBr)c1C#N. The zero-order valence-electron chi connectivity index (χ0n) is 7.88. The summed E-state index contributed by atoms with van der Waals surface area (Å²) < 4.78 is 18.2. The van der Waals surface area contributed by atoms with E-state index in [1.54, 1.807) is 6.07 Å². The summed E-state index contributed by atoms with van der Waals surface area (Å²) in [7, 11) is 1.36. The molecule has 0 bridgehead atoms. The van der Waals surface area contributed by atoms with Gasteiger partial charge >= 0.3 is 0 Å². The van der Waals surface area contributed by atoms with Crippen LogP contribution in [0.3, 0.4) is 0 Å². The van der Waals surface area contributed by atoms with E-state index in [4.69, 9.17) is 10.00 Å². The van der Waals surface area contributed by atoms with E-state index in [1.165, 1.54) is 13.2 Å². The Bertz CT molecular complexity index is 440. The third-order valence-electron chi connectivity index (χ3n) is 1.85. The molecule has 1 aromatic carbocycles. The Kier molecular flexibility index (Phi) is 3.81. The van der Waals surface area contributed by atoms with E-state index in [2.05, 4.69) is 15.9 Å². The number of ketones is 1. The van der Waals surface area contributed by atoms with E-state index in [-0.39, 0.29) is 22.2 Å². The van der Waals surface area contributed by atoms with E-state index >= 15 is 0 Å². The lowest BCUT2D eigenvalue weighted by atomic mass is 10.0. The molecule has 0 aliphatic rings. The first-order valence-electron chi connectivity index (χ1n) is 4.01. The normalized spacial score (nSPS) is 9.47. The van der Waals surface area contributed by atoms with Gasteiger partial charge in [0.1, 0.15) is 23.2 Å². The largest absolute Gasteiger partial charge is 0.495 e. The first-order valence-corrected chi connectivity index (χ1v) is 5.13. The van der Waals surface area contributed by atoms with Crippen molar-refractivity contribution in [3.05, 3.63) is 29.1 Å². The van der Waals surface area contributed by atoms with Crippen LogP contribution < -0.4 is 4.74 Å². The summed E-state index contributed by atoms with van der Waals surface area (Å²) in [5.74, 6) is -0.997. The molecule has 5 heteroatoms. The first kappa shape index (κ1) is 11.7. The molecule has 0 saturated carbocycles. The predicted octanol–water partition coefficient (Wildman–Crippen LogP) is 2.28. The van der Waals surface area contributed by atoms with Gasteiger partial charge in [0.15, 0.2) is 5.78 Å². The summed E-state index contributed by atoms with van der Waals surface area (Å²) >= 11 is 2.93. The molecule has 0 aliphatic heterocycles. The van der Waals surface area contributed by atoms with Crippen LogP contribution in [0.5, 0.6) is 5.75 Å². The minimum atomic E-state index is -0.711. The number of methoxy groups -OCH3 is 1. The zero-order chi connectivity index (χ0) is 11.4. The van der Waals surface area contributed by atoms with Crippen LogP contribution in [-0.2, 0) is 0 Å². The molecule has 0 heterocycles. The van der Waals surface area contributed by atoms with E-state index < -0.39 is 11.6 Å². The Morgan fingerprint density at radius 3 is 2.80 bits per heavy atom. The third-order valence-corrected chi connectivity index (χ3v) is 2.36. The van der Waals surface area contributed by atoms with Crippen molar-refractivity contribution in [2.45, 2.75) is 0 Å². The maximum absolute atomic E-state index is 13.3. The second kappa shape index (κ2) is 4.89. The maximum Gasteiger partial charge on any atom is 0.177 e. The molecule has 0 spiro atoms. The van der Waals surface area contributed by atoms with Crippen LogP contribution in [0.1, 0.15) is 15.9 Å². The summed E-state index contributed by atoms with van der Waals surface area (Å²) in [6.07, 6.45) is 0. The fraction of sp³-hybridized carbons (Fsp3) is 0.200. The monoisotopic (exact) mass is 271 g/mol. The van der Waals surface area contributed by atoms with Crippen molar-refractivity contribution in [3.8, 4) is 11.8 Å². The van der Waals surface area contributed by atoms with Gasteiger partial charge in [0.25, 0.3) is 0 Å². The standard InChI is InChI=1S/C10H7BrFNO2/c1-15-9-3-2-7(12)10(6(9)5-13)8(14)4-11/h2-3H,4H2,1H3. The Labute approximate surface area is 94.6 Å². The molecule has 3 nitrogen and oxygen atoms in total. The van der Waals surface area contributed by atoms with Gasteiger partial charge in [0.05, 0.1) is 18.0 Å². The van der Waals surface area contributed by atoms with E-state index in [9.17, 15) is 9.18 Å². The van der Waals surface area contributed by atoms with Crippen LogP contribution in [0.25, 0.3) is 0 Å². The van der Waals surface area contributed by atoms with Crippen molar-refractivity contribution in [2.75, 3.05) is 12.4 Å². The van der Waals surface area contributed by atoms with Gasteiger partial charge in [0.2, 0.25) is 0 Å². The molecular weight excluding hydrogens is 265 g/mol. The van der Waals surface area contributed by atoms with Gasteiger partial charge in [-0.25, -0.2) is 4.39 Å². The molecule has 0 aromatic heterocycles. The van der Waals surface area contributed by atoms with Crippen molar-refractivity contribution in [2.24, 2.45) is 0 Å². The second-order valence-electron chi connectivity index (χ2n) is 2.67. The lowest BCUT2D eigenvalue weighted by Crippen LogP contribution is -2.08. The molecule has 15 heavy (non-hydrogen) atoms. The molecular formula is C10H7BrFNO2. The summed E-state index contributed by atoms with van der Waals surface area (Å²) in [6.45, 7) is 0. The van der Waals surface area contributed by atoms with Crippen LogP contribution in [0.2, 0.25) is 0 Å². The molecule has 0 aliphatic carbocycles. The molecule has 1 aromatic rings. The van der Waals surface area contributed by atoms with Crippen molar-refractivity contribution in [1.29, 1.82) is 5.26 Å². The molecule has 0 radical (unpaired) electrons. The smallest absolute Gasteiger partial charge is 0.177 e. The maximum atomic E-state index is 13.3. The fourth-order valence-corrected chi connectivity index (χ4v) is 1.46. The third kappa shape index (κ3) is 2.16. The summed E-state index contributed by atoms with van der Waals surface area (Å²) in [5.41, 5.74) is -0.296. The van der Waals surface area contributed by atoms with Gasteiger partial charge < -0.3 is 4.74 Å². The van der Waals surface area contributed by atoms with Crippen LogP contribution in [-0.4, -0.2) is 18.2 Å². The number of nitriles is 1. The highest BCUT2D eigenvalue weighted by Gasteiger charge is 2.19. The van der Waals surface area contributed by atoms with Gasteiger partial charge in [-0.2, -0.15) is 5.26 Å². The van der Waals surface area contributed by atoms with E-state index in [1.807, 2.05) is 0 Å². The highest BCUT2D eigenvalue weighted by atomic mass is 79.9. The van der Waals surface area contributed by atoms with Gasteiger partial charge in [-0.3, -0.25) is 4.79 Å². The number of carbonyl (C=O) groups is 1. The topological polar surface area (TPSA) is 50.1 Å². The summed E-state index contributed by atoms with van der Waals surface area (Å²) in [6, 6.07) is 4.19. The van der Waals surface area contributed by atoms with Gasteiger partial charge in [-0.15, -0.1) is 0 Å². The van der Waals surface area contributed by atoms with Crippen molar-refractivity contribution in [1.82, 2.24) is 0 Å². The van der Waals surface area contributed by atoms with Gasteiger partial charge in [-0.05, 0) is 12.1 Å². The number of halogens is 2. The van der Waals surface area contributed by atoms with Crippen molar-refractivity contribution < 1.29 is 13.9 Å². The zero-order valence-corrected chi connectivity index (χ0v) is 9.47. The number of rotatable bonds is 3. The minimum absolute atomic E-state index is 0.0359. The summed E-state index contributed by atoms with van der Waals surface area (Å²) in [4.78, 5) is 11.4. The van der Waals surface area contributed by atoms with Gasteiger partial charge in [0, 0.05) is 0 Å². The Morgan fingerprint density at radius 1 is 1.67 bits per heavy atom. The molecule has 0 unspecified atom stereocenters.